The third-order valence-corrected chi connectivity index (χ3v) is 5.56. The molecule has 3 rings (SSSR count). The highest BCUT2D eigenvalue weighted by Crippen LogP contribution is 2.43. The molecule has 2 aromatic carbocycles. The van der Waals surface area contributed by atoms with E-state index in [0.717, 1.165) is 11.1 Å². The molecule has 0 spiro atoms. The summed E-state index contributed by atoms with van der Waals surface area (Å²) in [6.07, 6.45) is 0. The molecule has 0 aliphatic carbocycles. The molecule has 1 saturated heterocycles. The minimum Gasteiger partial charge on any atom is -0.497 e. The van der Waals surface area contributed by atoms with Crippen LogP contribution in [-0.4, -0.2) is 43.2 Å². The molecule has 0 aromatic heterocycles. The molecule has 0 bridgehead atoms. The van der Waals surface area contributed by atoms with Crippen molar-refractivity contribution in [3.8, 4) is 11.5 Å². The highest BCUT2D eigenvalue weighted by atomic mass is 32.2. The Morgan fingerprint density at radius 3 is 2.59 bits per heavy atom. The van der Waals surface area contributed by atoms with Gasteiger partial charge in [-0.25, -0.2) is 0 Å². The molecule has 2 amide bonds. The normalized spacial score (nSPS) is 16.3. The Bertz CT molecular complexity index is 838. The Morgan fingerprint density at radius 2 is 1.93 bits per heavy atom. The second kappa shape index (κ2) is 8.35. The Morgan fingerprint density at radius 1 is 1.19 bits per heavy atom. The van der Waals surface area contributed by atoms with Crippen LogP contribution < -0.4 is 14.8 Å². The topological polar surface area (TPSA) is 67.9 Å². The number of nitrogens with one attached hydrogen (secondary N) is 1. The smallest absolute Gasteiger partial charge is 0.244 e. The Labute approximate surface area is 162 Å². The molecule has 1 heterocycles. The maximum Gasteiger partial charge on any atom is 0.244 e. The van der Waals surface area contributed by atoms with Crippen LogP contribution >= 0.6 is 11.8 Å². The van der Waals surface area contributed by atoms with Crippen LogP contribution in [0, 0.1) is 6.92 Å². The summed E-state index contributed by atoms with van der Waals surface area (Å²) < 4.78 is 10.7. The number of nitrogens with zero attached hydrogens (tertiary/aromatic N) is 1. The molecule has 27 heavy (non-hydrogen) atoms. The number of ether oxygens (including phenoxy) is 2. The van der Waals surface area contributed by atoms with Gasteiger partial charge in [-0.1, -0.05) is 17.7 Å². The summed E-state index contributed by atoms with van der Waals surface area (Å²) >= 11 is 1.47. The minimum absolute atomic E-state index is 0.0231. The zero-order chi connectivity index (χ0) is 19.4. The van der Waals surface area contributed by atoms with Crippen LogP contribution in [0.15, 0.2) is 42.5 Å². The number of thioether (sulfide) groups is 1. The molecule has 0 saturated carbocycles. The first kappa shape index (κ1) is 19.1. The Hall–Kier alpha value is -2.67. The SMILES string of the molecule is COc1ccc(OC)c([C@H]2SCC(=O)N2CC(=O)Nc2ccc(C)cc2)c1. The van der Waals surface area contributed by atoms with E-state index < -0.39 is 0 Å². The second-order valence-corrected chi connectivity index (χ2v) is 7.28. The Kier molecular flexibility index (Phi) is 5.91. The molecule has 1 aliphatic heterocycles. The van der Waals surface area contributed by atoms with Crippen LogP contribution in [0.5, 0.6) is 11.5 Å². The zero-order valence-corrected chi connectivity index (χ0v) is 16.3. The van der Waals surface area contributed by atoms with Crippen molar-refractivity contribution in [3.63, 3.8) is 0 Å². The number of carbonyl (C=O) groups is 2. The van der Waals surface area contributed by atoms with Gasteiger partial charge in [0, 0.05) is 11.3 Å². The van der Waals surface area contributed by atoms with Gasteiger partial charge in [0.25, 0.3) is 0 Å². The van der Waals surface area contributed by atoms with E-state index in [1.54, 1.807) is 25.2 Å². The molecule has 6 nitrogen and oxygen atoms in total. The predicted molar refractivity (Wildman–Crippen MR) is 106 cm³/mol. The molecular weight excluding hydrogens is 364 g/mol. The fourth-order valence-electron chi connectivity index (χ4n) is 2.91. The minimum atomic E-state index is -0.300. The van der Waals surface area contributed by atoms with Gasteiger partial charge in [0.05, 0.1) is 20.0 Å². The summed E-state index contributed by atoms with van der Waals surface area (Å²) in [5.41, 5.74) is 2.64. The number of benzene rings is 2. The van der Waals surface area contributed by atoms with Crippen LogP contribution in [0.4, 0.5) is 5.69 Å². The standard InChI is InChI=1S/C20H22N2O4S/c1-13-4-6-14(7-5-13)21-18(23)11-22-19(24)12-27-20(22)16-10-15(25-2)8-9-17(16)26-3/h4-10,20H,11-12H2,1-3H3,(H,21,23)/t20-/m1/s1. The van der Waals surface area contributed by atoms with Gasteiger partial charge in [-0.05, 0) is 37.3 Å². The molecular formula is C20H22N2O4S. The van der Waals surface area contributed by atoms with Crippen molar-refractivity contribution in [2.75, 3.05) is 31.8 Å². The number of carbonyl (C=O) groups excluding carboxylic acids is 2. The number of amides is 2. The van der Waals surface area contributed by atoms with Gasteiger partial charge >= 0.3 is 0 Å². The summed E-state index contributed by atoms with van der Waals surface area (Å²) in [5, 5.41) is 2.54. The molecule has 1 fully saturated rings. The average molecular weight is 386 g/mol. The van der Waals surface area contributed by atoms with E-state index in [0.29, 0.717) is 22.9 Å². The number of anilines is 1. The first-order valence-corrected chi connectivity index (χ1v) is 9.56. The maximum absolute atomic E-state index is 12.5. The quantitative estimate of drug-likeness (QED) is 0.826. The number of aryl methyl sites for hydroxylation is 1. The van der Waals surface area contributed by atoms with E-state index in [1.807, 2.05) is 43.3 Å². The van der Waals surface area contributed by atoms with E-state index >= 15 is 0 Å². The van der Waals surface area contributed by atoms with Gasteiger partial charge in [-0.3, -0.25) is 9.59 Å². The van der Waals surface area contributed by atoms with E-state index in [4.69, 9.17) is 9.47 Å². The lowest BCUT2D eigenvalue weighted by atomic mass is 10.1. The molecule has 1 aliphatic rings. The number of hydrogen-bond acceptors (Lipinski definition) is 5. The van der Waals surface area contributed by atoms with Crippen molar-refractivity contribution < 1.29 is 19.1 Å². The fraction of sp³-hybridized carbons (Fsp3) is 0.300. The third kappa shape index (κ3) is 4.36. The van der Waals surface area contributed by atoms with Crippen LogP contribution in [0.2, 0.25) is 0 Å². The molecule has 2 aromatic rings. The van der Waals surface area contributed by atoms with E-state index in [-0.39, 0.29) is 23.7 Å². The Balaban J connectivity index is 1.78. The van der Waals surface area contributed by atoms with Crippen molar-refractivity contribution in [2.45, 2.75) is 12.3 Å². The van der Waals surface area contributed by atoms with E-state index in [9.17, 15) is 9.59 Å². The van der Waals surface area contributed by atoms with E-state index in [2.05, 4.69) is 5.32 Å². The van der Waals surface area contributed by atoms with Gasteiger partial charge in [-0.15, -0.1) is 11.8 Å². The summed E-state index contributed by atoms with van der Waals surface area (Å²) in [5.74, 6) is 1.35. The molecule has 0 unspecified atom stereocenters. The summed E-state index contributed by atoms with van der Waals surface area (Å²) in [6, 6.07) is 13.0. The summed E-state index contributed by atoms with van der Waals surface area (Å²) in [7, 11) is 3.17. The van der Waals surface area contributed by atoms with Gasteiger partial charge in [-0.2, -0.15) is 0 Å². The van der Waals surface area contributed by atoms with Crippen LogP contribution in [0.3, 0.4) is 0 Å². The molecule has 7 heteroatoms. The lowest BCUT2D eigenvalue weighted by Crippen LogP contribution is -2.36. The number of rotatable bonds is 6. The van der Waals surface area contributed by atoms with Gasteiger partial charge in [0.15, 0.2) is 0 Å². The lowest BCUT2D eigenvalue weighted by Gasteiger charge is -2.25. The van der Waals surface area contributed by atoms with Gasteiger partial charge in [0.1, 0.15) is 23.4 Å². The maximum atomic E-state index is 12.5. The number of methoxy groups -OCH3 is 2. The predicted octanol–water partition coefficient (Wildman–Crippen LogP) is 3.22. The van der Waals surface area contributed by atoms with Crippen molar-refractivity contribution in [2.24, 2.45) is 0 Å². The first-order chi connectivity index (χ1) is 13.0. The average Bonchev–Trinajstić information content (AvgIpc) is 3.03. The zero-order valence-electron chi connectivity index (χ0n) is 15.5. The highest BCUT2D eigenvalue weighted by Gasteiger charge is 2.36. The second-order valence-electron chi connectivity index (χ2n) is 6.21. The molecule has 1 atom stereocenters. The van der Waals surface area contributed by atoms with Crippen molar-refractivity contribution in [3.05, 3.63) is 53.6 Å². The molecule has 1 N–H and O–H groups in total. The molecule has 142 valence electrons. The highest BCUT2D eigenvalue weighted by molar-refractivity contribution is 8.00. The number of hydrogen-bond donors (Lipinski definition) is 1. The lowest BCUT2D eigenvalue weighted by molar-refractivity contribution is -0.132. The van der Waals surface area contributed by atoms with Crippen molar-refractivity contribution in [1.82, 2.24) is 4.90 Å². The first-order valence-electron chi connectivity index (χ1n) is 8.51. The van der Waals surface area contributed by atoms with Crippen LogP contribution in [0.1, 0.15) is 16.5 Å². The monoisotopic (exact) mass is 386 g/mol. The van der Waals surface area contributed by atoms with Crippen LogP contribution in [0.25, 0.3) is 0 Å². The van der Waals surface area contributed by atoms with Gasteiger partial charge < -0.3 is 19.7 Å². The molecule has 0 radical (unpaired) electrons. The van der Waals surface area contributed by atoms with Crippen molar-refractivity contribution >= 4 is 29.3 Å². The fourth-order valence-corrected chi connectivity index (χ4v) is 4.11. The van der Waals surface area contributed by atoms with Crippen LogP contribution in [-0.2, 0) is 9.59 Å². The van der Waals surface area contributed by atoms with Crippen molar-refractivity contribution in [1.29, 1.82) is 0 Å². The third-order valence-electron chi connectivity index (χ3n) is 4.32. The summed E-state index contributed by atoms with van der Waals surface area (Å²) in [4.78, 5) is 26.5. The van der Waals surface area contributed by atoms with Gasteiger partial charge in [0.2, 0.25) is 11.8 Å². The summed E-state index contributed by atoms with van der Waals surface area (Å²) in [6.45, 7) is 1.96. The largest absolute Gasteiger partial charge is 0.497 e. The van der Waals surface area contributed by atoms with E-state index in [1.165, 1.54) is 11.8 Å².